The molecule has 3 rings (SSSR count). The van der Waals surface area contributed by atoms with E-state index in [4.69, 9.17) is 4.74 Å². The molecule has 25 heavy (non-hydrogen) atoms. The first-order valence-corrected chi connectivity index (χ1v) is 9.42. The molecule has 0 unspecified atom stereocenters. The van der Waals surface area contributed by atoms with E-state index in [-0.39, 0.29) is 17.3 Å². The summed E-state index contributed by atoms with van der Waals surface area (Å²) < 4.78 is 5.38. The smallest absolute Gasteiger partial charge is 0.346 e. The maximum atomic E-state index is 12.2. The number of ether oxygens (including phenoxy) is 1. The summed E-state index contributed by atoms with van der Waals surface area (Å²) >= 11 is 1.32. The predicted octanol–water partition coefficient (Wildman–Crippen LogP) is 2.78. The molecule has 132 valence electrons. The number of aromatic nitrogens is 2. The molecule has 1 aromatic heterocycles. The molecule has 7 heteroatoms. The molecule has 0 saturated carbocycles. The van der Waals surface area contributed by atoms with Gasteiger partial charge in [0.05, 0.1) is 12.4 Å². The van der Waals surface area contributed by atoms with Crippen molar-refractivity contribution in [3.63, 3.8) is 0 Å². The molecule has 1 aliphatic rings. The summed E-state index contributed by atoms with van der Waals surface area (Å²) in [4.78, 5) is 30.7. The van der Waals surface area contributed by atoms with Crippen molar-refractivity contribution in [1.29, 1.82) is 0 Å². The van der Waals surface area contributed by atoms with Crippen LogP contribution < -0.4 is 15.7 Å². The van der Waals surface area contributed by atoms with Gasteiger partial charge in [-0.05, 0) is 56.9 Å². The normalized spacial score (nSPS) is 13.2. The van der Waals surface area contributed by atoms with Gasteiger partial charge in [0, 0.05) is 16.9 Å². The first kappa shape index (κ1) is 17.5. The fraction of sp³-hybridized carbons (Fsp3) is 0.389. The van der Waals surface area contributed by atoms with Crippen LogP contribution in [0.15, 0.2) is 34.1 Å². The maximum Gasteiger partial charge on any atom is 0.346 e. The van der Waals surface area contributed by atoms with Gasteiger partial charge in [0.2, 0.25) is 5.91 Å². The minimum atomic E-state index is -0.338. The molecule has 0 bridgehead atoms. The largest absolute Gasteiger partial charge is 0.494 e. The molecular weight excluding hydrogens is 338 g/mol. The first-order valence-electron chi connectivity index (χ1n) is 8.43. The van der Waals surface area contributed by atoms with E-state index >= 15 is 0 Å². The van der Waals surface area contributed by atoms with Gasteiger partial charge >= 0.3 is 5.69 Å². The van der Waals surface area contributed by atoms with Crippen molar-refractivity contribution in [3.05, 3.63) is 46.0 Å². The molecule has 0 radical (unpaired) electrons. The second-order valence-electron chi connectivity index (χ2n) is 5.81. The van der Waals surface area contributed by atoms with Gasteiger partial charge in [0.1, 0.15) is 10.8 Å². The van der Waals surface area contributed by atoms with Crippen molar-refractivity contribution in [3.8, 4) is 5.75 Å². The Labute approximate surface area is 150 Å². The van der Waals surface area contributed by atoms with Gasteiger partial charge in [-0.3, -0.25) is 4.79 Å². The van der Waals surface area contributed by atoms with Gasteiger partial charge in [0.25, 0.3) is 0 Å². The van der Waals surface area contributed by atoms with Crippen molar-refractivity contribution in [1.82, 2.24) is 9.97 Å². The summed E-state index contributed by atoms with van der Waals surface area (Å²) in [6.45, 7) is 2.53. The van der Waals surface area contributed by atoms with E-state index in [1.165, 1.54) is 11.8 Å². The lowest BCUT2D eigenvalue weighted by molar-refractivity contribution is -0.113. The van der Waals surface area contributed by atoms with Crippen molar-refractivity contribution < 1.29 is 9.53 Å². The van der Waals surface area contributed by atoms with Crippen molar-refractivity contribution in [2.45, 2.75) is 37.6 Å². The Kier molecular flexibility index (Phi) is 5.75. The summed E-state index contributed by atoms with van der Waals surface area (Å²) in [6, 6.07) is 7.25. The zero-order chi connectivity index (χ0) is 17.6. The number of nitrogens with zero attached hydrogens (tertiary/aromatic N) is 1. The predicted molar refractivity (Wildman–Crippen MR) is 98.5 cm³/mol. The third-order valence-corrected chi connectivity index (χ3v) is 4.99. The van der Waals surface area contributed by atoms with Crippen molar-refractivity contribution in [2.75, 3.05) is 17.7 Å². The number of thioether (sulfide) groups is 1. The number of benzene rings is 1. The molecule has 2 N–H and O–H groups in total. The molecule has 1 heterocycles. The highest BCUT2D eigenvalue weighted by Crippen LogP contribution is 2.27. The molecule has 1 aliphatic carbocycles. The van der Waals surface area contributed by atoms with E-state index in [9.17, 15) is 9.59 Å². The number of anilines is 1. The molecule has 0 spiro atoms. The summed E-state index contributed by atoms with van der Waals surface area (Å²) in [5.74, 6) is 0.867. The number of H-pyrrole nitrogens is 1. The van der Waals surface area contributed by atoms with E-state index < -0.39 is 0 Å². The highest BCUT2D eigenvalue weighted by atomic mass is 32.2. The average Bonchev–Trinajstić information content (AvgIpc) is 2.61. The van der Waals surface area contributed by atoms with Crippen LogP contribution in [-0.2, 0) is 17.6 Å². The lowest BCUT2D eigenvalue weighted by atomic mass is 9.98. The number of rotatable bonds is 6. The monoisotopic (exact) mass is 359 g/mol. The van der Waals surface area contributed by atoms with Crippen LogP contribution in [0.2, 0.25) is 0 Å². The first-order chi connectivity index (χ1) is 12.2. The number of aryl methyl sites for hydroxylation is 1. The number of nitrogens with one attached hydrogen (secondary N) is 2. The number of amides is 1. The highest BCUT2D eigenvalue weighted by Gasteiger charge is 2.17. The quantitative estimate of drug-likeness (QED) is 0.612. The molecule has 6 nitrogen and oxygen atoms in total. The van der Waals surface area contributed by atoms with Crippen LogP contribution in [0, 0.1) is 0 Å². The van der Waals surface area contributed by atoms with Crippen LogP contribution >= 0.6 is 11.8 Å². The van der Waals surface area contributed by atoms with Gasteiger partial charge in [0.15, 0.2) is 0 Å². The van der Waals surface area contributed by atoms with Crippen LogP contribution in [0.25, 0.3) is 0 Å². The lowest BCUT2D eigenvalue weighted by Gasteiger charge is -2.17. The van der Waals surface area contributed by atoms with E-state index in [0.29, 0.717) is 11.6 Å². The topological polar surface area (TPSA) is 84.1 Å². The Balaban J connectivity index is 1.61. The second kappa shape index (κ2) is 8.20. The van der Waals surface area contributed by atoms with Gasteiger partial charge in [-0.2, -0.15) is 4.98 Å². The molecule has 0 aliphatic heterocycles. The highest BCUT2D eigenvalue weighted by molar-refractivity contribution is 8.00. The standard InChI is InChI=1S/C18H21N3O3S/c1-2-24-13-9-7-12(8-10-13)19-16(22)11-25-17-14-5-3-4-6-15(14)20-18(23)21-17/h7-10H,2-6,11H2,1H3,(H,19,22)(H,20,21,23). The van der Waals surface area contributed by atoms with Gasteiger partial charge in [-0.15, -0.1) is 0 Å². The summed E-state index contributed by atoms with van der Waals surface area (Å²) in [7, 11) is 0. The summed E-state index contributed by atoms with van der Waals surface area (Å²) in [5.41, 5.74) is 2.44. The number of carbonyl (C=O) groups excluding carboxylic acids is 1. The van der Waals surface area contributed by atoms with Crippen molar-refractivity contribution >= 4 is 23.4 Å². The number of fused-ring (bicyclic) bond motifs is 1. The fourth-order valence-electron chi connectivity index (χ4n) is 2.85. The average molecular weight is 359 g/mol. The van der Waals surface area contributed by atoms with E-state index in [0.717, 1.165) is 48.4 Å². The molecule has 1 amide bonds. The third kappa shape index (κ3) is 4.63. The van der Waals surface area contributed by atoms with Gasteiger partial charge < -0.3 is 15.0 Å². The lowest BCUT2D eigenvalue weighted by Crippen LogP contribution is -2.20. The zero-order valence-electron chi connectivity index (χ0n) is 14.1. The van der Waals surface area contributed by atoms with Crippen LogP contribution in [0.3, 0.4) is 0 Å². The minimum absolute atomic E-state index is 0.124. The molecule has 2 aromatic rings. The Bertz CT molecular complexity index is 802. The molecule has 0 fully saturated rings. The summed E-state index contributed by atoms with van der Waals surface area (Å²) in [6.07, 6.45) is 3.95. The Hall–Kier alpha value is -2.28. The second-order valence-corrected chi connectivity index (χ2v) is 6.77. The molecule has 0 atom stereocenters. The van der Waals surface area contributed by atoms with Crippen LogP contribution in [0.1, 0.15) is 31.0 Å². The number of hydrogen-bond donors (Lipinski definition) is 2. The number of carbonyl (C=O) groups is 1. The maximum absolute atomic E-state index is 12.2. The summed E-state index contributed by atoms with van der Waals surface area (Å²) in [5, 5.41) is 3.53. The van der Waals surface area contributed by atoms with E-state index in [1.807, 2.05) is 19.1 Å². The number of aromatic amines is 1. The van der Waals surface area contributed by atoms with Gasteiger partial charge in [-0.1, -0.05) is 11.8 Å². The minimum Gasteiger partial charge on any atom is -0.494 e. The molecule has 0 saturated heterocycles. The SMILES string of the molecule is CCOc1ccc(NC(=O)CSc2nc(=O)[nH]c3c2CCCC3)cc1. The molecule has 1 aromatic carbocycles. The Morgan fingerprint density at radius 3 is 2.80 bits per heavy atom. The van der Waals surface area contributed by atoms with Crippen LogP contribution in [-0.4, -0.2) is 28.2 Å². The molecular formula is C18H21N3O3S. The number of hydrogen-bond acceptors (Lipinski definition) is 5. The van der Waals surface area contributed by atoms with E-state index in [2.05, 4.69) is 15.3 Å². The fourth-order valence-corrected chi connectivity index (χ4v) is 3.73. The van der Waals surface area contributed by atoms with Crippen LogP contribution in [0.4, 0.5) is 5.69 Å². The van der Waals surface area contributed by atoms with Crippen LogP contribution in [0.5, 0.6) is 5.75 Å². The van der Waals surface area contributed by atoms with E-state index in [1.54, 1.807) is 12.1 Å². The Morgan fingerprint density at radius 1 is 1.28 bits per heavy atom. The van der Waals surface area contributed by atoms with Gasteiger partial charge in [-0.25, -0.2) is 4.79 Å². The Morgan fingerprint density at radius 2 is 2.04 bits per heavy atom. The van der Waals surface area contributed by atoms with Crippen molar-refractivity contribution in [2.24, 2.45) is 0 Å². The zero-order valence-corrected chi connectivity index (χ0v) is 14.9. The third-order valence-electron chi connectivity index (χ3n) is 3.98.